The van der Waals surface area contributed by atoms with Crippen LogP contribution >= 0.6 is 0 Å². The fourth-order valence-corrected chi connectivity index (χ4v) is 3.71. The number of rotatable bonds is 8. The summed E-state index contributed by atoms with van der Waals surface area (Å²) in [4.78, 5) is 16.0. The summed E-state index contributed by atoms with van der Waals surface area (Å²) in [5, 5.41) is 4.21. The van der Waals surface area contributed by atoms with Crippen LogP contribution in [0.5, 0.6) is 0 Å². The molecule has 2 N–H and O–H groups in total. The monoisotopic (exact) mass is 392 g/mol. The van der Waals surface area contributed by atoms with E-state index in [1.54, 1.807) is 7.11 Å². The lowest BCUT2D eigenvalue weighted by atomic mass is 9.83. The topological polar surface area (TPSA) is 54.1 Å². The van der Waals surface area contributed by atoms with E-state index in [-0.39, 0.29) is 17.2 Å². The van der Waals surface area contributed by atoms with E-state index >= 15 is 0 Å². The molecule has 1 atom stereocenters. The number of aromatic nitrogens is 1. The highest BCUT2D eigenvalue weighted by Gasteiger charge is 2.22. The van der Waals surface area contributed by atoms with Gasteiger partial charge in [-0.05, 0) is 34.6 Å². The van der Waals surface area contributed by atoms with E-state index in [2.05, 4.69) is 67.5 Å². The Morgan fingerprint density at radius 3 is 2.52 bits per heavy atom. The van der Waals surface area contributed by atoms with Crippen molar-refractivity contribution in [1.29, 1.82) is 0 Å². The maximum Gasteiger partial charge on any atom is 0.220 e. The van der Waals surface area contributed by atoms with Gasteiger partial charge in [0.05, 0.1) is 0 Å². The molecular weight excluding hydrogens is 360 g/mol. The smallest absolute Gasteiger partial charge is 0.220 e. The third kappa shape index (κ3) is 5.27. The van der Waals surface area contributed by atoms with E-state index in [4.69, 9.17) is 4.74 Å². The molecule has 3 rings (SSSR count). The quantitative estimate of drug-likeness (QED) is 0.522. The lowest BCUT2D eigenvalue weighted by Crippen LogP contribution is -2.27. The number of H-pyrrole nitrogens is 1. The van der Waals surface area contributed by atoms with Gasteiger partial charge in [-0.15, -0.1) is 0 Å². The second-order valence-electron chi connectivity index (χ2n) is 8.61. The fraction of sp³-hybridized carbons (Fsp3) is 0.400. The van der Waals surface area contributed by atoms with Crippen LogP contribution in [0.2, 0.25) is 0 Å². The Balaban J connectivity index is 1.88. The van der Waals surface area contributed by atoms with Gasteiger partial charge in [-0.25, -0.2) is 0 Å². The summed E-state index contributed by atoms with van der Waals surface area (Å²) in [5.41, 5.74) is 4.82. The average molecular weight is 393 g/mol. The summed E-state index contributed by atoms with van der Waals surface area (Å²) in [6, 6.07) is 17.0. The summed E-state index contributed by atoms with van der Waals surface area (Å²) in [6.45, 7) is 7.93. The molecule has 1 heterocycles. The van der Waals surface area contributed by atoms with Crippen molar-refractivity contribution in [3.8, 4) is 0 Å². The minimum atomic E-state index is 0.00240. The van der Waals surface area contributed by atoms with Crippen LogP contribution in [0.1, 0.15) is 56.2 Å². The van der Waals surface area contributed by atoms with Crippen LogP contribution in [0, 0.1) is 0 Å². The molecule has 0 aliphatic carbocycles. The molecule has 0 fully saturated rings. The number of hydrogen-bond acceptors (Lipinski definition) is 2. The number of fused-ring (bicyclic) bond motifs is 1. The van der Waals surface area contributed by atoms with Gasteiger partial charge < -0.3 is 15.0 Å². The molecule has 154 valence electrons. The number of amides is 1. The largest absolute Gasteiger partial charge is 0.385 e. The SMILES string of the molecule is COCCCNC(=O)CC(c1ccc(C(C)(C)C)cc1)c1c[nH]c2ccccc12. The number of carbonyl (C=O) groups is 1. The van der Waals surface area contributed by atoms with Crippen LogP contribution in [0.3, 0.4) is 0 Å². The molecular formula is C25H32N2O2. The van der Waals surface area contributed by atoms with Gasteiger partial charge in [0.15, 0.2) is 0 Å². The molecule has 0 aliphatic rings. The third-order valence-electron chi connectivity index (χ3n) is 5.41. The van der Waals surface area contributed by atoms with E-state index in [9.17, 15) is 4.79 Å². The summed E-state index contributed by atoms with van der Waals surface area (Å²) >= 11 is 0. The Labute approximate surface area is 173 Å². The molecule has 0 spiro atoms. The summed E-state index contributed by atoms with van der Waals surface area (Å²) in [5.74, 6) is 0.0684. The number of carbonyl (C=O) groups excluding carboxylic acids is 1. The highest BCUT2D eigenvalue weighted by atomic mass is 16.5. The fourth-order valence-electron chi connectivity index (χ4n) is 3.71. The maximum absolute atomic E-state index is 12.7. The Hall–Kier alpha value is -2.59. The summed E-state index contributed by atoms with van der Waals surface area (Å²) < 4.78 is 5.06. The average Bonchev–Trinajstić information content (AvgIpc) is 3.13. The van der Waals surface area contributed by atoms with Gasteiger partial charge in [0.1, 0.15) is 0 Å². The number of methoxy groups -OCH3 is 1. The van der Waals surface area contributed by atoms with Crippen LogP contribution < -0.4 is 5.32 Å². The molecule has 4 heteroatoms. The first-order valence-corrected chi connectivity index (χ1v) is 10.3. The molecule has 0 saturated heterocycles. The van der Waals surface area contributed by atoms with E-state index in [1.165, 1.54) is 10.9 Å². The number of para-hydroxylation sites is 1. The van der Waals surface area contributed by atoms with E-state index in [0.717, 1.165) is 23.1 Å². The number of ether oxygens (including phenoxy) is 1. The molecule has 0 radical (unpaired) electrons. The third-order valence-corrected chi connectivity index (χ3v) is 5.41. The van der Waals surface area contributed by atoms with Crippen LogP contribution in [0.15, 0.2) is 54.7 Å². The zero-order valence-corrected chi connectivity index (χ0v) is 17.9. The molecule has 1 unspecified atom stereocenters. The van der Waals surface area contributed by atoms with E-state index in [0.29, 0.717) is 19.6 Å². The van der Waals surface area contributed by atoms with Crippen molar-refractivity contribution in [2.45, 2.75) is 44.9 Å². The first-order chi connectivity index (χ1) is 13.9. The molecule has 0 bridgehead atoms. The van der Waals surface area contributed by atoms with Crippen molar-refractivity contribution in [3.05, 3.63) is 71.4 Å². The summed E-state index contributed by atoms with van der Waals surface area (Å²) in [6.07, 6.45) is 3.29. The van der Waals surface area contributed by atoms with Gasteiger partial charge in [-0.1, -0.05) is 63.2 Å². The van der Waals surface area contributed by atoms with E-state index in [1.807, 2.05) is 18.3 Å². The number of hydrogen-bond donors (Lipinski definition) is 2. The lowest BCUT2D eigenvalue weighted by Gasteiger charge is -2.22. The molecule has 4 nitrogen and oxygen atoms in total. The van der Waals surface area contributed by atoms with Crippen molar-refractivity contribution >= 4 is 16.8 Å². The van der Waals surface area contributed by atoms with Crippen molar-refractivity contribution < 1.29 is 9.53 Å². The number of nitrogens with one attached hydrogen (secondary N) is 2. The second kappa shape index (κ2) is 9.27. The molecule has 1 aromatic heterocycles. The standard InChI is InChI=1S/C25H32N2O2/c1-25(2,3)19-12-10-18(11-13-19)21(16-24(28)26-14-7-15-29-4)22-17-27-23-9-6-5-8-20(22)23/h5-6,8-13,17,21,27H,7,14-16H2,1-4H3,(H,26,28). The highest BCUT2D eigenvalue weighted by molar-refractivity contribution is 5.86. The number of aromatic amines is 1. The molecule has 0 aliphatic heterocycles. The van der Waals surface area contributed by atoms with Gasteiger partial charge in [0.25, 0.3) is 0 Å². The van der Waals surface area contributed by atoms with Gasteiger partial charge in [-0.3, -0.25) is 4.79 Å². The first kappa shape index (κ1) is 21.1. The van der Waals surface area contributed by atoms with Gasteiger partial charge in [0, 0.05) is 49.7 Å². The van der Waals surface area contributed by atoms with Crippen LogP contribution in [0.4, 0.5) is 0 Å². The maximum atomic E-state index is 12.7. The van der Waals surface area contributed by atoms with Crippen molar-refractivity contribution in [3.63, 3.8) is 0 Å². The second-order valence-corrected chi connectivity index (χ2v) is 8.61. The highest BCUT2D eigenvalue weighted by Crippen LogP contribution is 2.34. The minimum absolute atomic E-state index is 0.00240. The van der Waals surface area contributed by atoms with E-state index < -0.39 is 0 Å². The molecule has 29 heavy (non-hydrogen) atoms. The molecule has 2 aromatic carbocycles. The van der Waals surface area contributed by atoms with Gasteiger partial charge in [-0.2, -0.15) is 0 Å². The zero-order valence-electron chi connectivity index (χ0n) is 17.9. The van der Waals surface area contributed by atoms with Crippen molar-refractivity contribution in [2.75, 3.05) is 20.3 Å². The van der Waals surface area contributed by atoms with Crippen LogP contribution in [-0.4, -0.2) is 31.2 Å². The molecule has 3 aromatic rings. The zero-order chi connectivity index (χ0) is 20.9. The lowest BCUT2D eigenvalue weighted by molar-refractivity contribution is -0.121. The Kier molecular flexibility index (Phi) is 6.75. The Morgan fingerprint density at radius 1 is 1.10 bits per heavy atom. The normalized spacial score (nSPS) is 12.8. The van der Waals surface area contributed by atoms with Crippen LogP contribution in [-0.2, 0) is 14.9 Å². The van der Waals surface area contributed by atoms with Gasteiger partial charge >= 0.3 is 0 Å². The Bertz CT molecular complexity index is 935. The predicted octanol–water partition coefficient (Wildman–Crippen LogP) is 5.14. The van der Waals surface area contributed by atoms with Crippen molar-refractivity contribution in [1.82, 2.24) is 10.3 Å². The Morgan fingerprint density at radius 2 is 1.83 bits per heavy atom. The van der Waals surface area contributed by atoms with Crippen LogP contribution in [0.25, 0.3) is 10.9 Å². The molecule has 0 saturated carbocycles. The van der Waals surface area contributed by atoms with Crippen molar-refractivity contribution in [2.24, 2.45) is 0 Å². The molecule has 1 amide bonds. The predicted molar refractivity (Wildman–Crippen MR) is 119 cm³/mol. The summed E-state index contributed by atoms with van der Waals surface area (Å²) in [7, 11) is 1.68. The number of benzene rings is 2. The first-order valence-electron chi connectivity index (χ1n) is 10.3. The minimum Gasteiger partial charge on any atom is -0.385 e. The van der Waals surface area contributed by atoms with Gasteiger partial charge in [0.2, 0.25) is 5.91 Å².